The molecule has 152 valence electrons. The Labute approximate surface area is 168 Å². The molecule has 8 nitrogen and oxygen atoms in total. The molecule has 0 amide bonds. The van der Waals surface area contributed by atoms with E-state index in [0.29, 0.717) is 50.3 Å². The number of hydrogen-bond donors (Lipinski definition) is 1. The van der Waals surface area contributed by atoms with Gasteiger partial charge in [0.1, 0.15) is 0 Å². The number of H-pyrrole nitrogens is 1. The molecule has 0 spiro atoms. The third-order valence-corrected chi connectivity index (χ3v) is 4.73. The van der Waals surface area contributed by atoms with Crippen LogP contribution in [0.2, 0.25) is 0 Å². The van der Waals surface area contributed by atoms with Crippen LogP contribution >= 0.6 is 0 Å². The van der Waals surface area contributed by atoms with Crippen LogP contribution in [-0.2, 0) is 9.47 Å². The van der Waals surface area contributed by atoms with E-state index in [1.54, 1.807) is 6.92 Å². The molecule has 0 radical (unpaired) electrons. The number of anilines is 1. The summed E-state index contributed by atoms with van der Waals surface area (Å²) in [4.78, 5) is 27.3. The summed E-state index contributed by atoms with van der Waals surface area (Å²) in [7, 11) is 0. The molecule has 0 bridgehead atoms. The average molecular weight is 396 g/mol. The summed E-state index contributed by atoms with van der Waals surface area (Å²) in [6.07, 6.45) is 1.89. The molecule has 1 saturated heterocycles. The Hall–Kier alpha value is -3.13. The van der Waals surface area contributed by atoms with Crippen LogP contribution in [-0.4, -0.2) is 60.4 Å². The highest BCUT2D eigenvalue weighted by Crippen LogP contribution is 2.34. The van der Waals surface area contributed by atoms with E-state index in [2.05, 4.69) is 14.9 Å². The Bertz CT molecular complexity index is 1010. The van der Waals surface area contributed by atoms with Crippen LogP contribution in [0.4, 0.5) is 5.82 Å². The quantitative estimate of drug-likeness (QED) is 0.641. The Balaban J connectivity index is 1.87. The fourth-order valence-electron chi connectivity index (χ4n) is 3.36. The zero-order valence-corrected chi connectivity index (χ0v) is 16.6. The molecule has 1 N–H and O–H groups in total. The minimum absolute atomic E-state index is 0.148. The van der Waals surface area contributed by atoms with Crippen molar-refractivity contribution in [2.45, 2.75) is 13.8 Å². The molecule has 0 unspecified atom stereocenters. The standard InChI is InChI=1S/C21H24N4O4/c1-3-28-18-17(21(26)29-4-2)23-19(24-20(18)25-9-11-27-12-10-25)15-5-6-16-14(13-15)7-8-22-16/h5-8,13,22H,3-4,9-12H2,1-2H3. The number of fused-ring (bicyclic) bond motifs is 1. The number of rotatable bonds is 6. The highest BCUT2D eigenvalue weighted by atomic mass is 16.5. The van der Waals surface area contributed by atoms with E-state index < -0.39 is 5.97 Å². The van der Waals surface area contributed by atoms with Gasteiger partial charge in [-0.05, 0) is 38.1 Å². The van der Waals surface area contributed by atoms with Gasteiger partial charge in [0.15, 0.2) is 23.1 Å². The number of nitrogens with zero attached hydrogens (tertiary/aromatic N) is 3. The zero-order valence-electron chi connectivity index (χ0n) is 16.6. The van der Waals surface area contributed by atoms with Gasteiger partial charge in [0.25, 0.3) is 0 Å². The van der Waals surface area contributed by atoms with E-state index in [0.717, 1.165) is 16.5 Å². The van der Waals surface area contributed by atoms with Gasteiger partial charge in [-0.2, -0.15) is 0 Å². The summed E-state index contributed by atoms with van der Waals surface area (Å²) >= 11 is 0. The average Bonchev–Trinajstić information content (AvgIpc) is 3.22. The van der Waals surface area contributed by atoms with Crippen LogP contribution in [0.3, 0.4) is 0 Å². The van der Waals surface area contributed by atoms with Gasteiger partial charge in [0, 0.05) is 35.8 Å². The molecule has 0 aliphatic carbocycles. The molecular formula is C21H24N4O4. The van der Waals surface area contributed by atoms with Crippen LogP contribution in [0.25, 0.3) is 22.3 Å². The normalized spacial score (nSPS) is 14.2. The number of carbonyl (C=O) groups is 1. The van der Waals surface area contributed by atoms with Gasteiger partial charge in [0.2, 0.25) is 0 Å². The van der Waals surface area contributed by atoms with E-state index in [9.17, 15) is 4.79 Å². The van der Waals surface area contributed by atoms with Crippen molar-refractivity contribution in [3.63, 3.8) is 0 Å². The van der Waals surface area contributed by atoms with Crippen molar-refractivity contribution in [1.29, 1.82) is 0 Å². The monoisotopic (exact) mass is 396 g/mol. The zero-order chi connectivity index (χ0) is 20.2. The molecule has 0 atom stereocenters. The van der Waals surface area contributed by atoms with Crippen molar-refractivity contribution in [3.8, 4) is 17.1 Å². The molecule has 3 aromatic rings. The molecule has 0 saturated carbocycles. The first-order valence-electron chi connectivity index (χ1n) is 9.83. The fraction of sp³-hybridized carbons (Fsp3) is 0.381. The van der Waals surface area contributed by atoms with Crippen molar-refractivity contribution >= 4 is 22.7 Å². The van der Waals surface area contributed by atoms with E-state index >= 15 is 0 Å². The van der Waals surface area contributed by atoms with Gasteiger partial charge in [-0.25, -0.2) is 14.8 Å². The third-order valence-electron chi connectivity index (χ3n) is 4.73. The van der Waals surface area contributed by atoms with Crippen LogP contribution in [0.15, 0.2) is 30.5 Å². The molecule has 2 aromatic heterocycles. The first kappa shape index (κ1) is 19.2. The molecule has 1 aliphatic heterocycles. The number of benzene rings is 1. The molecule has 1 aliphatic rings. The maximum atomic E-state index is 12.7. The predicted octanol–water partition coefficient (Wildman–Crippen LogP) is 3.04. The number of aromatic amines is 1. The van der Waals surface area contributed by atoms with Gasteiger partial charge < -0.3 is 24.1 Å². The van der Waals surface area contributed by atoms with Crippen LogP contribution < -0.4 is 9.64 Å². The number of esters is 1. The summed E-state index contributed by atoms with van der Waals surface area (Å²) in [6, 6.07) is 7.90. The number of carbonyl (C=O) groups excluding carboxylic acids is 1. The SMILES string of the molecule is CCOC(=O)c1nc(-c2ccc3[nH]ccc3c2)nc(N2CCOCC2)c1OCC. The lowest BCUT2D eigenvalue weighted by Gasteiger charge is -2.29. The molecule has 1 fully saturated rings. The number of ether oxygens (including phenoxy) is 3. The Kier molecular flexibility index (Phi) is 5.62. The molecule has 1 aromatic carbocycles. The van der Waals surface area contributed by atoms with Gasteiger partial charge in [-0.1, -0.05) is 0 Å². The molecule has 3 heterocycles. The maximum absolute atomic E-state index is 12.7. The smallest absolute Gasteiger partial charge is 0.361 e. The number of aromatic nitrogens is 3. The molecule has 29 heavy (non-hydrogen) atoms. The van der Waals surface area contributed by atoms with Gasteiger partial charge in [-0.3, -0.25) is 0 Å². The Morgan fingerprint density at radius 1 is 1.17 bits per heavy atom. The first-order chi connectivity index (χ1) is 14.2. The lowest BCUT2D eigenvalue weighted by Crippen LogP contribution is -2.37. The Morgan fingerprint density at radius 2 is 2.00 bits per heavy atom. The third kappa shape index (κ3) is 3.88. The highest BCUT2D eigenvalue weighted by molar-refractivity contribution is 5.93. The van der Waals surface area contributed by atoms with E-state index in [4.69, 9.17) is 19.2 Å². The molecular weight excluding hydrogens is 372 g/mol. The van der Waals surface area contributed by atoms with Crippen LogP contribution in [0, 0.1) is 0 Å². The summed E-state index contributed by atoms with van der Waals surface area (Å²) in [5.74, 6) is 0.898. The Morgan fingerprint density at radius 3 is 2.76 bits per heavy atom. The number of hydrogen-bond acceptors (Lipinski definition) is 7. The van der Waals surface area contributed by atoms with E-state index in [1.165, 1.54) is 0 Å². The van der Waals surface area contributed by atoms with Gasteiger partial charge >= 0.3 is 5.97 Å². The van der Waals surface area contributed by atoms with Crippen molar-refractivity contribution in [2.24, 2.45) is 0 Å². The molecule has 8 heteroatoms. The predicted molar refractivity (Wildman–Crippen MR) is 109 cm³/mol. The summed E-state index contributed by atoms with van der Waals surface area (Å²) in [6.45, 7) is 6.79. The van der Waals surface area contributed by atoms with Crippen molar-refractivity contribution in [3.05, 3.63) is 36.2 Å². The topological polar surface area (TPSA) is 89.6 Å². The molecule has 4 rings (SSSR count). The minimum atomic E-state index is -0.517. The van der Waals surface area contributed by atoms with Crippen molar-refractivity contribution < 1.29 is 19.0 Å². The second-order valence-corrected chi connectivity index (χ2v) is 6.58. The minimum Gasteiger partial charge on any atom is -0.488 e. The van der Waals surface area contributed by atoms with Crippen LogP contribution in [0.1, 0.15) is 24.3 Å². The second-order valence-electron chi connectivity index (χ2n) is 6.58. The van der Waals surface area contributed by atoms with E-state index in [-0.39, 0.29) is 12.3 Å². The summed E-state index contributed by atoms with van der Waals surface area (Å²) < 4.78 is 16.5. The van der Waals surface area contributed by atoms with Crippen LogP contribution in [0.5, 0.6) is 5.75 Å². The number of morpholine rings is 1. The lowest BCUT2D eigenvalue weighted by atomic mass is 10.1. The van der Waals surface area contributed by atoms with Gasteiger partial charge in [-0.15, -0.1) is 0 Å². The summed E-state index contributed by atoms with van der Waals surface area (Å²) in [5, 5.41) is 1.05. The summed E-state index contributed by atoms with van der Waals surface area (Å²) in [5.41, 5.74) is 1.99. The highest BCUT2D eigenvalue weighted by Gasteiger charge is 2.27. The number of nitrogens with one attached hydrogen (secondary N) is 1. The maximum Gasteiger partial charge on any atom is 0.361 e. The second kappa shape index (κ2) is 8.48. The van der Waals surface area contributed by atoms with Crippen molar-refractivity contribution in [1.82, 2.24) is 15.0 Å². The van der Waals surface area contributed by atoms with Gasteiger partial charge in [0.05, 0.1) is 26.4 Å². The van der Waals surface area contributed by atoms with Crippen molar-refractivity contribution in [2.75, 3.05) is 44.4 Å². The fourth-order valence-corrected chi connectivity index (χ4v) is 3.36. The van der Waals surface area contributed by atoms with E-state index in [1.807, 2.05) is 37.4 Å². The largest absolute Gasteiger partial charge is 0.488 e. The first-order valence-corrected chi connectivity index (χ1v) is 9.83. The lowest BCUT2D eigenvalue weighted by molar-refractivity contribution is 0.0514.